The molecule has 0 aromatic heterocycles. The van der Waals surface area contributed by atoms with Crippen LogP contribution in [0.3, 0.4) is 0 Å². The maximum absolute atomic E-state index is 12.3. The molecule has 1 aliphatic carbocycles. The van der Waals surface area contributed by atoms with E-state index < -0.39 is 38.2 Å². The number of ether oxygens (including phenoxy) is 4. The molecule has 1 spiro atoms. The molecule has 3 aliphatic heterocycles. The van der Waals surface area contributed by atoms with Gasteiger partial charge in [-0.1, -0.05) is 87.0 Å². The van der Waals surface area contributed by atoms with Crippen molar-refractivity contribution in [2.24, 2.45) is 5.92 Å². The molecule has 3 heterocycles. The third-order valence-electron chi connectivity index (χ3n) is 8.60. The Morgan fingerprint density at radius 3 is 2.21 bits per heavy atom. The second-order valence-electron chi connectivity index (χ2n) is 12.6. The minimum absolute atomic E-state index is 0.140. The fraction of sp³-hybridized carbons (Fsp3) is 0.516. The maximum atomic E-state index is 12.3. The molecule has 3 saturated heterocycles. The monoisotopic (exact) mass is 534 g/mol. The van der Waals surface area contributed by atoms with Gasteiger partial charge in [0.05, 0.1) is 13.2 Å². The van der Waals surface area contributed by atoms with E-state index in [1.807, 2.05) is 32.1 Å². The Morgan fingerprint density at radius 1 is 0.974 bits per heavy atom. The summed E-state index contributed by atoms with van der Waals surface area (Å²) >= 11 is 0. The molecule has 0 saturated carbocycles. The zero-order valence-electron chi connectivity index (χ0n) is 22.9. The van der Waals surface area contributed by atoms with Gasteiger partial charge >= 0.3 is 0 Å². The predicted molar refractivity (Wildman–Crippen MR) is 147 cm³/mol. The van der Waals surface area contributed by atoms with Gasteiger partial charge in [0.1, 0.15) is 17.8 Å². The van der Waals surface area contributed by atoms with Crippen molar-refractivity contribution in [2.75, 3.05) is 13.2 Å². The number of hydrogen-bond donors (Lipinski definition) is 0. The summed E-state index contributed by atoms with van der Waals surface area (Å²) in [7, 11) is -2.78. The van der Waals surface area contributed by atoms with Crippen LogP contribution >= 0.6 is 0 Å². The molecule has 0 unspecified atom stereocenters. The van der Waals surface area contributed by atoms with Gasteiger partial charge in [0, 0.05) is 18.8 Å². The number of rotatable bonds is 5. The third kappa shape index (κ3) is 4.15. The molecule has 202 valence electrons. The van der Waals surface area contributed by atoms with Crippen LogP contribution in [0.15, 0.2) is 72.3 Å². The molecule has 6 rings (SSSR count). The van der Waals surface area contributed by atoms with Crippen LogP contribution in [0.25, 0.3) is 0 Å². The lowest BCUT2D eigenvalue weighted by Gasteiger charge is -2.46. The highest BCUT2D eigenvalue weighted by Crippen LogP contribution is 2.52. The Bertz CT molecular complexity index is 1180. The summed E-state index contributed by atoms with van der Waals surface area (Å²) in [6, 6.07) is 21.2. The maximum Gasteiger partial charge on any atom is 0.261 e. The predicted octanol–water partition coefficient (Wildman–Crippen LogP) is 4.11. The third-order valence-corrected chi connectivity index (χ3v) is 13.6. The molecular weight excluding hydrogens is 496 g/mol. The summed E-state index contributed by atoms with van der Waals surface area (Å²) in [5, 5.41) is 2.27. The van der Waals surface area contributed by atoms with Crippen molar-refractivity contribution < 1.29 is 28.2 Å². The van der Waals surface area contributed by atoms with Gasteiger partial charge in [-0.2, -0.15) is 0 Å². The summed E-state index contributed by atoms with van der Waals surface area (Å²) in [6.45, 7) is 11.4. The standard InChI is InChI=1S/C31H38O6Si/c1-29(2,3)38(24-12-8-6-9-13-24,25-14-10-7-11-15-25)34-20-26-31(27-28(35-26)37-30(4,5)36-27)18-21-16-23(32)17-22(21)19-33-31/h6-16,22,26-28H,17-20H2,1-5H3/t22-,26-,27-,28+,31-/m1/s1. The van der Waals surface area contributed by atoms with Gasteiger partial charge in [0.15, 0.2) is 17.9 Å². The van der Waals surface area contributed by atoms with E-state index in [1.54, 1.807) is 0 Å². The largest absolute Gasteiger partial charge is 0.405 e. The Hall–Kier alpha value is -2.13. The lowest BCUT2D eigenvalue weighted by molar-refractivity contribution is -0.245. The van der Waals surface area contributed by atoms with E-state index in [0.29, 0.717) is 26.1 Å². The number of hydrogen-bond acceptors (Lipinski definition) is 6. The van der Waals surface area contributed by atoms with Crippen LogP contribution in [0, 0.1) is 5.92 Å². The van der Waals surface area contributed by atoms with Gasteiger partial charge in [-0.3, -0.25) is 4.79 Å². The molecule has 0 N–H and O–H groups in total. The Labute approximate surface area is 226 Å². The Balaban J connectivity index is 1.39. The highest BCUT2D eigenvalue weighted by Gasteiger charge is 2.66. The normalized spacial score (nSPS) is 32.3. The molecule has 4 aliphatic rings. The van der Waals surface area contributed by atoms with Crippen LogP contribution < -0.4 is 10.4 Å². The van der Waals surface area contributed by atoms with Crippen molar-refractivity contribution in [1.82, 2.24) is 0 Å². The van der Waals surface area contributed by atoms with E-state index in [2.05, 4.69) is 69.3 Å². The zero-order chi connectivity index (χ0) is 26.8. The summed E-state index contributed by atoms with van der Waals surface area (Å²) in [5.41, 5.74) is 0.353. The number of fused-ring (bicyclic) bond motifs is 3. The van der Waals surface area contributed by atoms with Crippen LogP contribution in [-0.2, 0) is 28.2 Å². The molecule has 5 atom stereocenters. The van der Waals surface area contributed by atoms with Gasteiger partial charge in [-0.25, -0.2) is 0 Å². The molecule has 0 radical (unpaired) electrons. The SMILES string of the molecule is CC1(C)O[C@@H]2O[C@H](CO[Si](c3ccccc3)(c3ccccc3)C(C)(C)C)[C@]3(CC4=CC(=O)C[C@@H]4CO3)[C@@H]2O1. The van der Waals surface area contributed by atoms with Crippen LogP contribution in [0.4, 0.5) is 0 Å². The van der Waals surface area contributed by atoms with Crippen LogP contribution in [-0.4, -0.2) is 57.2 Å². The number of allylic oxidation sites excluding steroid dienone is 1. The second kappa shape index (κ2) is 9.22. The number of ketones is 1. The van der Waals surface area contributed by atoms with Gasteiger partial charge in [0.25, 0.3) is 8.32 Å². The fourth-order valence-electron chi connectivity index (χ4n) is 6.90. The van der Waals surface area contributed by atoms with Gasteiger partial charge in [0.2, 0.25) is 0 Å². The van der Waals surface area contributed by atoms with Crippen LogP contribution in [0.2, 0.25) is 5.04 Å². The molecule has 0 bridgehead atoms. The van der Waals surface area contributed by atoms with Crippen LogP contribution in [0.1, 0.15) is 47.5 Å². The molecule has 2 aromatic rings. The first-order valence-corrected chi connectivity index (χ1v) is 15.6. The lowest BCUT2D eigenvalue weighted by atomic mass is 9.80. The van der Waals surface area contributed by atoms with Crippen molar-refractivity contribution in [3.05, 3.63) is 72.3 Å². The lowest BCUT2D eigenvalue weighted by Crippen LogP contribution is -2.68. The highest BCUT2D eigenvalue weighted by atomic mass is 28.4. The summed E-state index contributed by atoms with van der Waals surface area (Å²) < 4.78 is 33.1. The molecule has 6 nitrogen and oxygen atoms in total. The molecular formula is C31H38O6Si. The fourth-order valence-corrected chi connectivity index (χ4v) is 11.5. The minimum Gasteiger partial charge on any atom is -0.405 e. The molecule has 2 aromatic carbocycles. The molecule has 0 amide bonds. The quantitative estimate of drug-likeness (QED) is 0.538. The van der Waals surface area contributed by atoms with E-state index in [9.17, 15) is 4.79 Å². The summed E-state index contributed by atoms with van der Waals surface area (Å²) in [5.74, 6) is -0.461. The van der Waals surface area contributed by atoms with Gasteiger partial charge < -0.3 is 23.4 Å². The van der Waals surface area contributed by atoms with Crippen molar-refractivity contribution in [3.8, 4) is 0 Å². The average Bonchev–Trinajstić information content (AvgIpc) is 3.48. The van der Waals surface area contributed by atoms with Crippen molar-refractivity contribution in [2.45, 2.75) is 82.4 Å². The van der Waals surface area contributed by atoms with E-state index in [4.69, 9.17) is 23.4 Å². The van der Waals surface area contributed by atoms with Gasteiger partial charge in [-0.05, 0) is 35.3 Å². The first-order chi connectivity index (χ1) is 18.0. The number of carbonyl (C=O) groups is 1. The van der Waals surface area contributed by atoms with Crippen molar-refractivity contribution in [3.63, 3.8) is 0 Å². The minimum atomic E-state index is -2.78. The number of benzene rings is 2. The summed E-state index contributed by atoms with van der Waals surface area (Å²) in [6.07, 6.45) is 1.55. The molecule has 38 heavy (non-hydrogen) atoms. The Kier molecular flexibility index (Phi) is 6.33. The van der Waals surface area contributed by atoms with E-state index in [-0.39, 0.29) is 16.7 Å². The van der Waals surface area contributed by atoms with E-state index in [0.717, 1.165) is 5.57 Å². The first kappa shape index (κ1) is 26.1. The first-order valence-electron chi connectivity index (χ1n) is 13.7. The van der Waals surface area contributed by atoms with Gasteiger partial charge in [-0.15, -0.1) is 0 Å². The smallest absolute Gasteiger partial charge is 0.261 e. The zero-order valence-corrected chi connectivity index (χ0v) is 23.9. The summed E-state index contributed by atoms with van der Waals surface area (Å²) in [4.78, 5) is 12.3. The molecule has 7 heteroatoms. The van der Waals surface area contributed by atoms with Crippen molar-refractivity contribution >= 4 is 24.5 Å². The average molecular weight is 535 g/mol. The van der Waals surface area contributed by atoms with Crippen LogP contribution in [0.5, 0.6) is 0 Å². The van der Waals surface area contributed by atoms with E-state index in [1.165, 1.54) is 10.4 Å². The van der Waals surface area contributed by atoms with Crippen molar-refractivity contribution in [1.29, 1.82) is 0 Å². The van der Waals surface area contributed by atoms with E-state index >= 15 is 0 Å². The highest BCUT2D eigenvalue weighted by molar-refractivity contribution is 6.99. The topological polar surface area (TPSA) is 63.2 Å². The second-order valence-corrected chi connectivity index (χ2v) is 16.9. The number of carbonyl (C=O) groups excluding carboxylic acids is 1. The Morgan fingerprint density at radius 2 is 1.61 bits per heavy atom. The molecule has 3 fully saturated rings.